The van der Waals surface area contributed by atoms with E-state index in [1.54, 1.807) is 6.07 Å². The number of rotatable bonds is 7. The fourth-order valence-corrected chi connectivity index (χ4v) is 4.12. The summed E-state index contributed by atoms with van der Waals surface area (Å²) in [6, 6.07) is 11.8. The van der Waals surface area contributed by atoms with Gasteiger partial charge in [-0.1, -0.05) is 34.1 Å². The minimum Gasteiger partial charge on any atom is -0.351 e. The first-order chi connectivity index (χ1) is 12.1. The van der Waals surface area contributed by atoms with Crippen LogP contribution in [0.15, 0.2) is 46.3 Å². The van der Waals surface area contributed by atoms with E-state index >= 15 is 0 Å². The molecule has 2 aromatic rings. The van der Waals surface area contributed by atoms with Crippen molar-refractivity contribution in [1.82, 2.24) is 10.6 Å². The summed E-state index contributed by atoms with van der Waals surface area (Å²) in [5.74, 6) is -0.0231. The second-order valence-electron chi connectivity index (χ2n) is 6.33. The molecule has 1 heterocycles. The molecule has 1 fully saturated rings. The second kappa shape index (κ2) is 8.15. The zero-order valence-corrected chi connectivity index (χ0v) is 16.3. The first-order valence-corrected chi connectivity index (χ1v) is 10.2. The average molecular weight is 421 g/mol. The van der Waals surface area contributed by atoms with Crippen molar-refractivity contribution < 1.29 is 9.59 Å². The van der Waals surface area contributed by atoms with Crippen molar-refractivity contribution in [3.8, 4) is 0 Å². The van der Waals surface area contributed by atoms with Crippen molar-refractivity contribution in [3.63, 3.8) is 0 Å². The fraction of sp³-hybridized carbons (Fsp3) is 0.368. The molecule has 1 saturated carbocycles. The molecule has 132 valence electrons. The highest BCUT2D eigenvalue weighted by Crippen LogP contribution is 2.42. The molecule has 0 radical (unpaired) electrons. The Hall–Kier alpha value is -1.66. The smallest absolute Gasteiger partial charge is 0.261 e. The van der Waals surface area contributed by atoms with Crippen LogP contribution in [-0.4, -0.2) is 18.4 Å². The summed E-state index contributed by atoms with van der Waals surface area (Å²) < 4.78 is 1.03. The maximum absolute atomic E-state index is 12.3. The van der Waals surface area contributed by atoms with Crippen molar-refractivity contribution in [2.24, 2.45) is 0 Å². The Morgan fingerprint density at radius 1 is 1.20 bits per heavy atom. The lowest BCUT2D eigenvalue weighted by molar-refractivity contribution is -0.124. The van der Waals surface area contributed by atoms with E-state index in [4.69, 9.17) is 0 Å². The van der Waals surface area contributed by atoms with Crippen LogP contribution in [0.3, 0.4) is 0 Å². The second-order valence-corrected chi connectivity index (χ2v) is 8.19. The maximum Gasteiger partial charge on any atom is 0.261 e. The first-order valence-electron chi connectivity index (χ1n) is 8.48. The van der Waals surface area contributed by atoms with E-state index in [0.29, 0.717) is 24.3 Å². The van der Waals surface area contributed by atoms with Gasteiger partial charge >= 0.3 is 0 Å². The molecule has 0 spiro atoms. The van der Waals surface area contributed by atoms with Gasteiger partial charge in [0, 0.05) is 17.4 Å². The lowest BCUT2D eigenvalue weighted by Gasteiger charge is -2.43. The molecular weight excluding hydrogens is 400 g/mol. The first kappa shape index (κ1) is 18.1. The van der Waals surface area contributed by atoms with Crippen LogP contribution in [0.2, 0.25) is 0 Å². The summed E-state index contributed by atoms with van der Waals surface area (Å²) in [6.07, 6.45) is 4.14. The normalized spacial score (nSPS) is 15.2. The molecule has 0 unspecified atom stereocenters. The van der Waals surface area contributed by atoms with Gasteiger partial charge in [0.25, 0.3) is 5.91 Å². The fourth-order valence-electron chi connectivity index (χ4n) is 3.08. The Morgan fingerprint density at radius 3 is 2.68 bits per heavy atom. The van der Waals surface area contributed by atoms with Crippen LogP contribution >= 0.6 is 27.3 Å². The maximum atomic E-state index is 12.3. The van der Waals surface area contributed by atoms with E-state index in [-0.39, 0.29) is 17.4 Å². The van der Waals surface area contributed by atoms with Crippen molar-refractivity contribution in [3.05, 3.63) is 56.7 Å². The van der Waals surface area contributed by atoms with E-state index in [1.807, 2.05) is 23.6 Å². The number of hydrogen-bond acceptors (Lipinski definition) is 3. The molecule has 6 heteroatoms. The Kier molecular flexibility index (Phi) is 5.91. The van der Waals surface area contributed by atoms with Crippen LogP contribution in [0.4, 0.5) is 0 Å². The quantitative estimate of drug-likeness (QED) is 0.658. The molecule has 0 bridgehead atoms. The van der Waals surface area contributed by atoms with E-state index in [0.717, 1.165) is 29.3 Å². The molecule has 2 amide bonds. The van der Waals surface area contributed by atoms with Gasteiger partial charge in [-0.2, -0.15) is 0 Å². The monoisotopic (exact) mass is 420 g/mol. The third-order valence-electron chi connectivity index (χ3n) is 4.57. The molecule has 3 rings (SSSR count). The SMILES string of the molecule is O=C(CCCNC(=O)c1cccs1)NC1(c2cccc(Br)c2)CCC1. The number of carbonyl (C=O) groups is 2. The predicted molar refractivity (Wildman–Crippen MR) is 104 cm³/mol. The van der Waals surface area contributed by atoms with E-state index < -0.39 is 0 Å². The largest absolute Gasteiger partial charge is 0.351 e. The van der Waals surface area contributed by atoms with E-state index in [2.05, 4.69) is 38.7 Å². The topological polar surface area (TPSA) is 58.2 Å². The third kappa shape index (κ3) is 4.50. The highest BCUT2D eigenvalue weighted by Gasteiger charge is 2.39. The molecule has 0 atom stereocenters. The summed E-state index contributed by atoms with van der Waals surface area (Å²) in [5.41, 5.74) is 0.939. The number of hydrogen-bond donors (Lipinski definition) is 2. The van der Waals surface area contributed by atoms with Gasteiger partial charge in [0.15, 0.2) is 0 Å². The van der Waals surface area contributed by atoms with Gasteiger partial charge in [-0.3, -0.25) is 9.59 Å². The zero-order chi connectivity index (χ0) is 17.7. The summed E-state index contributed by atoms with van der Waals surface area (Å²) in [6.45, 7) is 0.508. The van der Waals surface area contributed by atoms with Crippen LogP contribution < -0.4 is 10.6 Å². The van der Waals surface area contributed by atoms with Crippen molar-refractivity contribution in [2.45, 2.75) is 37.6 Å². The summed E-state index contributed by atoms with van der Waals surface area (Å²) in [7, 11) is 0. The third-order valence-corrected chi connectivity index (χ3v) is 5.94. The molecule has 4 nitrogen and oxygen atoms in total. The van der Waals surface area contributed by atoms with Crippen molar-refractivity contribution in [2.75, 3.05) is 6.54 Å². The van der Waals surface area contributed by atoms with E-state index in [1.165, 1.54) is 11.3 Å². The molecule has 0 saturated heterocycles. The number of benzene rings is 1. The molecular formula is C19H21BrN2O2S. The summed E-state index contributed by atoms with van der Waals surface area (Å²) in [5, 5.41) is 7.95. The Labute approximate surface area is 160 Å². The predicted octanol–water partition coefficient (Wildman–Crippen LogP) is 4.22. The number of halogens is 1. The Bertz CT molecular complexity index is 742. The Balaban J connectivity index is 1.46. The molecule has 25 heavy (non-hydrogen) atoms. The van der Waals surface area contributed by atoms with Gasteiger partial charge in [-0.15, -0.1) is 11.3 Å². The highest BCUT2D eigenvalue weighted by molar-refractivity contribution is 9.10. The minimum absolute atomic E-state index is 0.0463. The molecule has 2 N–H and O–H groups in total. The Morgan fingerprint density at radius 2 is 2.04 bits per heavy atom. The van der Waals surface area contributed by atoms with Crippen LogP contribution in [0.5, 0.6) is 0 Å². The lowest BCUT2D eigenvalue weighted by atomic mass is 9.71. The summed E-state index contributed by atoms with van der Waals surface area (Å²) in [4.78, 5) is 24.9. The number of carbonyl (C=O) groups excluding carboxylic acids is 2. The summed E-state index contributed by atoms with van der Waals surface area (Å²) >= 11 is 4.92. The van der Waals surface area contributed by atoms with Crippen molar-refractivity contribution in [1.29, 1.82) is 0 Å². The molecule has 1 aromatic carbocycles. The molecule has 1 aliphatic carbocycles. The van der Waals surface area contributed by atoms with Crippen LogP contribution in [0.1, 0.15) is 47.3 Å². The number of thiophene rings is 1. The minimum atomic E-state index is -0.221. The average Bonchev–Trinajstić information content (AvgIpc) is 3.09. The molecule has 1 aromatic heterocycles. The van der Waals surface area contributed by atoms with Crippen molar-refractivity contribution >= 4 is 39.1 Å². The molecule has 0 aliphatic heterocycles. The molecule has 1 aliphatic rings. The lowest BCUT2D eigenvalue weighted by Crippen LogP contribution is -2.50. The number of nitrogens with one attached hydrogen (secondary N) is 2. The zero-order valence-electron chi connectivity index (χ0n) is 13.9. The van der Waals surface area contributed by atoms with Crippen LogP contribution in [0, 0.1) is 0 Å². The van der Waals surface area contributed by atoms with Crippen LogP contribution in [-0.2, 0) is 10.3 Å². The van der Waals surface area contributed by atoms with Gasteiger partial charge in [0.05, 0.1) is 10.4 Å². The van der Waals surface area contributed by atoms with Crippen LogP contribution in [0.25, 0.3) is 0 Å². The van der Waals surface area contributed by atoms with Gasteiger partial charge < -0.3 is 10.6 Å². The van der Waals surface area contributed by atoms with Gasteiger partial charge in [-0.25, -0.2) is 0 Å². The van der Waals surface area contributed by atoms with Gasteiger partial charge in [0.1, 0.15) is 0 Å². The number of amides is 2. The highest BCUT2D eigenvalue weighted by atomic mass is 79.9. The van der Waals surface area contributed by atoms with E-state index in [9.17, 15) is 9.59 Å². The van der Waals surface area contributed by atoms with Gasteiger partial charge in [-0.05, 0) is 54.8 Å². The standard InChI is InChI=1S/C19H21BrN2O2S/c20-15-6-1-5-14(13-15)19(9-4-10-19)22-17(23)8-2-11-21-18(24)16-7-3-12-25-16/h1,3,5-7,12-13H,2,4,8-11H2,(H,21,24)(H,22,23). The van der Waals surface area contributed by atoms with Gasteiger partial charge in [0.2, 0.25) is 5.91 Å².